The number of carboxylic acids is 1. The molecule has 0 bridgehead atoms. The summed E-state index contributed by atoms with van der Waals surface area (Å²) in [6, 6.07) is 7.87. The molecule has 2 rings (SSSR count). The van der Waals surface area contributed by atoms with Gasteiger partial charge >= 0.3 is 5.97 Å². The average molecular weight is 245 g/mol. The smallest absolute Gasteiger partial charge is 0.312 e. The molecule has 94 valence electrons. The van der Waals surface area contributed by atoms with Gasteiger partial charge in [0.25, 0.3) is 0 Å². The van der Waals surface area contributed by atoms with Crippen LogP contribution in [0.2, 0.25) is 0 Å². The molecule has 2 aromatic rings. The zero-order valence-corrected chi connectivity index (χ0v) is 10.4. The van der Waals surface area contributed by atoms with E-state index >= 15 is 0 Å². The lowest BCUT2D eigenvalue weighted by atomic mass is 9.96. The fourth-order valence-electron chi connectivity index (χ4n) is 1.89. The third-order valence-corrected chi connectivity index (χ3v) is 2.97. The van der Waals surface area contributed by atoms with Crippen molar-refractivity contribution in [2.45, 2.75) is 19.3 Å². The topological polar surface area (TPSA) is 68.0 Å². The van der Waals surface area contributed by atoms with Gasteiger partial charge in [-0.1, -0.05) is 35.0 Å². The van der Waals surface area contributed by atoms with Crippen molar-refractivity contribution in [1.29, 1.82) is 0 Å². The van der Waals surface area contributed by atoms with Crippen LogP contribution in [0.25, 0.3) is 0 Å². The van der Waals surface area contributed by atoms with Gasteiger partial charge in [0.2, 0.25) is 0 Å². The molecular formula is C13H15N3O2. The first-order valence-electron chi connectivity index (χ1n) is 5.71. The van der Waals surface area contributed by atoms with Crippen LogP contribution in [-0.4, -0.2) is 26.1 Å². The minimum Gasteiger partial charge on any atom is -0.481 e. The predicted octanol–water partition coefficient (Wildman–Crippen LogP) is 1.53. The van der Waals surface area contributed by atoms with Gasteiger partial charge in [-0.2, -0.15) is 0 Å². The van der Waals surface area contributed by atoms with Crippen molar-refractivity contribution in [3.05, 3.63) is 47.3 Å². The van der Waals surface area contributed by atoms with Crippen LogP contribution in [0, 0.1) is 6.92 Å². The van der Waals surface area contributed by atoms with Gasteiger partial charge in [0, 0.05) is 7.05 Å². The molecule has 0 spiro atoms. The Morgan fingerprint density at radius 1 is 1.39 bits per heavy atom. The summed E-state index contributed by atoms with van der Waals surface area (Å²) in [5.41, 5.74) is 2.77. The Hall–Kier alpha value is -2.17. The van der Waals surface area contributed by atoms with Crippen molar-refractivity contribution in [2.24, 2.45) is 7.05 Å². The van der Waals surface area contributed by atoms with Crippen LogP contribution in [0.4, 0.5) is 0 Å². The van der Waals surface area contributed by atoms with Gasteiger partial charge in [-0.15, -0.1) is 5.10 Å². The van der Waals surface area contributed by atoms with E-state index in [1.807, 2.05) is 31.2 Å². The van der Waals surface area contributed by atoms with Crippen molar-refractivity contribution in [2.75, 3.05) is 0 Å². The second-order valence-corrected chi connectivity index (χ2v) is 4.36. The number of carboxylic acid groups (broad SMARTS) is 1. The van der Waals surface area contributed by atoms with Gasteiger partial charge in [0.05, 0.1) is 11.9 Å². The van der Waals surface area contributed by atoms with E-state index in [9.17, 15) is 9.90 Å². The largest absolute Gasteiger partial charge is 0.481 e. The highest BCUT2D eigenvalue weighted by atomic mass is 16.4. The molecule has 1 atom stereocenters. The summed E-state index contributed by atoms with van der Waals surface area (Å²) in [5, 5.41) is 16.8. The van der Waals surface area contributed by atoms with Crippen LogP contribution < -0.4 is 0 Å². The Morgan fingerprint density at radius 3 is 2.56 bits per heavy atom. The van der Waals surface area contributed by atoms with Gasteiger partial charge in [-0.05, 0) is 18.9 Å². The predicted molar refractivity (Wildman–Crippen MR) is 66.3 cm³/mol. The highest BCUT2D eigenvalue weighted by Gasteiger charge is 2.23. The van der Waals surface area contributed by atoms with E-state index in [1.54, 1.807) is 7.05 Å². The fourth-order valence-corrected chi connectivity index (χ4v) is 1.89. The van der Waals surface area contributed by atoms with E-state index in [2.05, 4.69) is 10.3 Å². The highest BCUT2D eigenvalue weighted by molar-refractivity contribution is 5.75. The molecule has 0 radical (unpaired) electrons. The Labute approximate surface area is 105 Å². The SMILES string of the molecule is Cc1ccc(CC(C(=O)O)c2cnnn2C)cc1. The third-order valence-electron chi connectivity index (χ3n) is 2.97. The molecule has 0 saturated heterocycles. The summed E-state index contributed by atoms with van der Waals surface area (Å²) in [5.74, 6) is -1.48. The van der Waals surface area contributed by atoms with Gasteiger partial charge in [-0.25, -0.2) is 0 Å². The Balaban J connectivity index is 2.25. The normalized spacial score (nSPS) is 12.3. The summed E-state index contributed by atoms with van der Waals surface area (Å²) in [6.07, 6.45) is 1.95. The number of aryl methyl sites for hydroxylation is 2. The first kappa shape index (κ1) is 12.3. The molecule has 1 aromatic carbocycles. The van der Waals surface area contributed by atoms with Crippen molar-refractivity contribution < 1.29 is 9.90 Å². The van der Waals surface area contributed by atoms with Crippen molar-refractivity contribution >= 4 is 5.97 Å². The van der Waals surface area contributed by atoms with E-state index in [0.717, 1.165) is 11.1 Å². The van der Waals surface area contributed by atoms with Crippen molar-refractivity contribution in [3.8, 4) is 0 Å². The number of hydrogen-bond donors (Lipinski definition) is 1. The number of aliphatic carboxylic acids is 1. The van der Waals surface area contributed by atoms with E-state index in [4.69, 9.17) is 0 Å². The standard InChI is InChI=1S/C13H15N3O2/c1-9-3-5-10(6-4-9)7-11(13(17)18)12-8-14-15-16(12)2/h3-6,8,11H,7H2,1-2H3,(H,17,18). The first-order valence-corrected chi connectivity index (χ1v) is 5.71. The van der Waals surface area contributed by atoms with Crippen LogP contribution in [0.5, 0.6) is 0 Å². The van der Waals surface area contributed by atoms with Crippen LogP contribution in [0.3, 0.4) is 0 Å². The molecule has 1 heterocycles. The number of nitrogens with zero attached hydrogens (tertiary/aromatic N) is 3. The minimum atomic E-state index is -0.860. The Kier molecular flexibility index (Phi) is 3.41. The zero-order valence-electron chi connectivity index (χ0n) is 10.4. The number of hydrogen-bond acceptors (Lipinski definition) is 3. The van der Waals surface area contributed by atoms with Gasteiger partial charge < -0.3 is 5.11 Å². The number of aromatic nitrogens is 3. The van der Waals surface area contributed by atoms with E-state index < -0.39 is 11.9 Å². The average Bonchev–Trinajstić information content (AvgIpc) is 2.74. The number of carbonyl (C=O) groups is 1. The third kappa shape index (κ3) is 2.56. The van der Waals surface area contributed by atoms with Crippen LogP contribution in [-0.2, 0) is 18.3 Å². The van der Waals surface area contributed by atoms with Crippen LogP contribution in [0.1, 0.15) is 22.7 Å². The Morgan fingerprint density at radius 2 is 2.06 bits per heavy atom. The molecule has 5 nitrogen and oxygen atoms in total. The lowest BCUT2D eigenvalue weighted by Gasteiger charge is -2.12. The fraction of sp³-hybridized carbons (Fsp3) is 0.308. The zero-order chi connectivity index (χ0) is 13.1. The maximum absolute atomic E-state index is 11.4. The molecule has 5 heteroatoms. The Bertz CT molecular complexity index is 546. The summed E-state index contributed by atoms with van der Waals surface area (Å²) < 4.78 is 1.51. The highest BCUT2D eigenvalue weighted by Crippen LogP contribution is 2.20. The molecule has 1 aromatic heterocycles. The van der Waals surface area contributed by atoms with Gasteiger partial charge in [0.1, 0.15) is 5.92 Å². The molecule has 18 heavy (non-hydrogen) atoms. The van der Waals surface area contributed by atoms with E-state index in [1.165, 1.54) is 10.9 Å². The molecule has 1 unspecified atom stereocenters. The monoisotopic (exact) mass is 245 g/mol. The number of benzene rings is 1. The molecule has 0 aliphatic rings. The van der Waals surface area contributed by atoms with Gasteiger partial charge in [0.15, 0.2) is 0 Å². The summed E-state index contributed by atoms with van der Waals surface area (Å²) >= 11 is 0. The van der Waals surface area contributed by atoms with Crippen LogP contribution in [0.15, 0.2) is 30.5 Å². The van der Waals surface area contributed by atoms with Crippen LogP contribution >= 0.6 is 0 Å². The van der Waals surface area contributed by atoms with Crippen molar-refractivity contribution in [3.63, 3.8) is 0 Å². The molecule has 0 amide bonds. The van der Waals surface area contributed by atoms with Crippen molar-refractivity contribution in [1.82, 2.24) is 15.0 Å². The number of rotatable bonds is 4. The summed E-state index contributed by atoms with van der Waals surface area (Å²) in [7, 11) is 1.70. The van der Waals surface area contributed by atoms with E-state index in [0.29, 0.717) is 12.1 Å². The summed E-state index contributed by atoms with van der Waals surface area (Å²) in [6.45, 7) is 2.00. The lowest BCUT2D eigenvalue weighted by molar-refractivity contribution is -0.138. The summed E-state index contributed by atoms with van der Waals surface area (Å²) in [4.78, 5) is 11.4. The second kappa shape index (κ2) is 5.00. The lowest BCUT2D eigenvalue weighted by Crippen LogP contribution is -2.17. The minimum absolute atomic E-state index is 0.441. The molecule has 0 aliphatic carbocycles. The molecule has 0 aliphatic heterocycles. The maximum Gasteiger partial charge on any atom is 0.312 e. The quantitative estimate of drug-likeness (QED) is 0.887. The molecule has 0 saturated carbocycles. The van der Waals surface area contributed by atoms with E-state index in [-0.39, 0.29) is 0 Å². The first-order chi connectivity index (χ1) is 8.58. The second-order valence-electron chi connectivity index (χ2n) is 4.36. The molecule has 1 N–H and O–H groups in total. The maximum atomic E-state index is 11.4. The molecular weight excluding hydrogens is 230 g/mol. The van der Waals surface area contributed by atoms with Gasteiger partial charge in [-0.3, -0.25) is 9.48 Å². The molecule has 0 fully saturated rings.